The Kier molecular flexibility index (Phi) is 8.41. The lowest BCUT2D eigenvalue weighted by Gasteiger charge is -2.58. The van der Waals surface area contributed by atoms with Crippen LogP contribution < -0.4 is 0 Å². The molecule has 0 aromatic carbocycles. The molecule has 0 amide bonds. The van der Waals surface area contributed by atoms with E-state index in [0.29, 0.717) is 5.57 Å². The number of carbonyl (C=O) groups excluding carboxylic acids is 4. The van der Waals surface area contributed by atoms with E-state index in [1.165, 1.54) is 26.8 Å². The Labute approximate surface area is 216 Å². The zero-order valence-corrected chi connectivity index (χ0v) is 22.1. The molecule has 0 aromatic heterocycles. The molecular weight excluding hydrogens is 488 g/mol. The number of fused-ring (bicyclic) bond motifs is 2. The first-order valence-corrected chi connectivity index (χ1v) is 12.6. The highest BCUT2D eigenvalue weighted by Gasteiger charge is 2.68. The molecule has 0 spiro atoms. The number of aliphatic hydroxyl groups is 3. The van der Waals surface area contributed by atoms with Crippen molar-refractivity contribution >= 4 is 23.9 Å². The van der Waals surface area contributed by atoms with Crippen LogP contribution in [0.4, 0.5) is 0 Å². The van der Waals surface area contributed by atoms with E-state index < -0.39 is 89.8 Å². The monoisotopic (exact) mass is 526 g/mol. The van der Waals surface area contributed by atoms with Crippen LogP contribution in [-0.2, 0) is 38.1 Å². The topological polar surface area (TPSA) is 166 Å². The van der Waals surface area contributed by atoms with Crippen molar-refractivity contribution in [1.82, 2.24) is 0 Å². The van der Waals surface area contributed by atoms with Gasteiger partial charge >= 0.3 is 23.9 Å². The van der Waals surface area contributed by atoms with Gasteiger partial charge in [0, 0.05) is 38.5 Å². The second-order valence-electron chi connectivity index (χ2n) is 10.8. The van der Waals surface area contributed by atoms with Crippen molar-refractivity contribution in [3.63, 3.8) is 0 Å². The molecule has 3 aliphatic rings. The minimum absolute atomic E-state index is 0.00778. The first kappa shape index (κ1) is 29.1. The van der Waals surface area contributed by atoms with E-state index in [0.717, 1.165) is 6.92 Å². The molecule has 0 radical (unpaired) electrons. The molecule has 10 atom stereocenters. The molecule has 37 heavy (non-hydrogen) atoms. The van der Waals surface area contributed by atoms with Crippen molar-refractivity contribution in [1.29, 1.82) is 0 Å². The molecule has 0 unspecified atom stereocenters. The smallest absolute Gasteiger partial charge is 0.312 e. The van der Waals surface area contributed by atoms with Gasteiger partial charge in [0.15, 0.2) is 11.7 Å². The Bertz CT molecular complexity index is 960. The highest BCUT2D eigenvalue weighted by molar-refractivity contribution is 5.77. The van der Waals surface area contributed by atoms with E-state index in [1.807, 2.05) is 0 Å². The van der Waals surface area contributed by atoms with E-state index in [-0.39, 0.29) is 19.3 Å². The predicted octanol–water partition coefficient (Wildman–Crippen LogP) is 0.810. The summed E-state index contributed by atoms with van der Waals surface area (Å²) in [7, 11) is 0. The van der Waals surface area contributed by atoms with E-state index in [9.17, 15) is 34.5 Å². The molecule has 1 saturated heterocycles. The molecule has 208 valence electrons. The second kappa shape index (κ2) is 10.7. The van der Waals surface area contributed by atoms with Crippen LogP contribution in [0.15, 0.2) is 11.6 Å². The lowest BCUT2D eigenvalue weighted by Crippen LogP contribution is -2.68. The van der Waals surface area contributed by atoms with Gasteiger partial charge < -0.3 is 34.3 Å². The number of aliphatic hydroxyl groups excluding tert-OH is 2. The molecule has 11 nitrogen and oxygen atoms in total. The third-order valence-corrected chi connectivity index (χ3v) is 8.49. The molecule has 2 aliphatic carbocycles. The summed E-state index contributed by atoms with van der Waals surface area (Å²) in [4.78, 5) is 49.6. The van der Waals surface area contributed by atoms with Crippen LogP contribution in [-0.4, -0.2) is 81.9 Å². The molecule has 11 heteroatoms. The average Bonchev–Trinajstić information content (AvgIpc) is 3.01. The van der Waals surface area contributed by atoms with Gasteiger partial charge in [-0.2, -0.15) is 0 Å². The van der Waals surface area contributed by atoms with Crippen LogP contribution in [0.25, 0.3) is 0 Å². The van der Waals surface area contributed by atoms with Crippen LogP contribution in [0.2, 0.25) is 0 Å². The van der Waals surface area contributed by atoms with Crippen molar-refractivity contribution in [3.8, 4) is 0 Å². The quantitative estimate of drug-likeness (QED) is 0.269. The van der Waals surface area contributed by atoms with Crippen molar-refractivity contribution in [2.24, 2.45) is 23.2 Å². The fourth-order valence-corrected chi connectivity index (χ4v) is 6.52. The Hall–Kier alpha value is -2.50. The summed E-state index contributed by atoms with van der Waals surface area (Å²) in [6, 6.07) is 0. The number of esters is 4. The van der Waals surface area contributed by atoms with Crippen LogP contribution in [0.3, 0.4) is 0 Å². The number of ether oxygens (including phenoxy) is 4. The van der Waals surface area contributed by atoms with Gasteiger partial charge in [0.1, 0.15) is 18.3 Å². The van der Waals surface area contributed by atoms with Crippen LogP contribution in [0.1, 0.15) is 60.8 Å². The Balaban J connectivity index is 2.37. The maximum Gasteiger partial charge on any atom is 0.312 e. The van der Waals surface area contributed by atoms with E-state index in [1.54, 1.807) is 13.8 Å². The Morgan fingerprint density at radius 3 is 2.16 bits per heavy atom. The first-order valence-electron chi connectivity index (χ1n) is 12.6. The summed E-state index contributed by atoms with van der Waals surface area (Å²) in [6.45, 7) is 8.05. The Morgan fingerprint density at radius 1 is 1.05 bits per heavy atom. The standard InChI is InChI=1S/C26H38O11/c1-12-18(31)10-20(35-15(4)29)25(6)19(34-14(3)28)8-7-17(11-27)9-21-26(33,13(2)24(32)37-21)23(22(12)25)36-16(5)30/h9,12-13,18-23,27,31,33H,7-8,10-11H2,1-6H3/b17-9+/t12-,13-,18+,19-,20-,21-,22+,23+,25-,26-/m1/s1. The van der Waals surface area contributed by atoms with E-state index in [4.69, 9.17) is 18.9 Å². The van der Waals surface area contributed by atoms with Gasteiger partial charge in [-0.1, -0.05) is 13.8 Å². The average molecular weight is 527 g/mol. The first-order chi connectivity index (χ1) is 17.2. The van der Waals surface area contributed by atoms with Crippen LogP contribution in [0, 0.1) is 23.2 Å². The molecular formula is C26H38O11. The molecule has 0 bridgehead atoms. The van der Waals surface area contributed by atoms with E-state index in [2.05, 4.69) is 0 Å². The maximum atomic E-state index is 12.8. The summed E-state index contributed by atoms with van der Waals surface area (Å²) in [5.74, 6) is -5.49. The third kappa shape index (κ3) is 5.13. The van der Waals surface area contributed by atoms with Crippen molar-refractivity contribution in [2.45, 2.75) is 96.9 Å². The van der Waals surface area contributed by atoms with Gasteiger partial charge in [-0.25, -0.2) is 0 Å². The predicted molar refractivity (Wildman–Crippen MR) is 126 cm³/mol. The summed E-state index contributed by atoms with van der Waals surface area (Å²) in [5, 5.41) is 33.4. The summed E-state index contributed by atoms with van der Waals surface area (Å²) >= 11 is 0. The molecule has 1 aliphatic heterocycles. The van der Waals surface area contributed by atoms with Gasteiger partial charge in [0.2, 0.25) is 0 Å². The van der Waals surface area contributed by atoms with Gasteiger partial charge in [-0.3, -0.25) is 19.2 Å². The third-order valence-electron chi connectivity index (χ3n) is 8.49. The molecule has 1 saturated carbocycles. The largest absolute Gasteiger partial charge is 0.462 e. The van der Waals surface area contributed by atoms with Gasteiger partial charge in [0.05, 0.1) is 18.6 Å². The highest BCUT2D eigenvalue weighted by atomic mass is 16.6. The molecule has 1 heterocycles. The van der Waals surface area contributed by atoms with Gasteiger partial charge in [-0.15, -0.1) is 0 Å². The molecule has 2 fully saturated rings. The number of hydrogen-bond donors (Lipinski definition) is 3. The SMILES string of the molecule is CC(=O)O[C@@H]1CC/C(CO)=C\[C@H]2OC(=O)[C@@H](C)[C@]2(O)[C@@H](OC(C)=O)[C@@H]2[C@H](C)[C@@H](O)C[C@@H](OC(C)=O)[C@]21C. The van der Waals surface area contributed by atoms with Gasteiger partial charge in [0.25, 0.3) is 0 Å². The fourth-order valence-electron chi connectivity index (χ4n) is 6.52. The number of hydrogen-bond acceptors (Lipinski definition) is 11. The second-order valence-corrected chi connectivity index (χ2v) is 10.8. The molecule has 3 rings (SSSR count). The van der Waals surface area contributed by atoms with E-state index >= 15 is 0 Å². The van der Waals surface area contributed by atoms with Gasteiger partial charge in [-0.05, 0) is 37.3 Å². The summed E-state index contributed by atoms with van der Waals surface area (Å²) < 4.78 is 22.8. The zero-order valence-electron chi connectivity index (χ0n) is 22.1. The number of carbonyl (C=O) groups is 4. The maximum absolute atomic E-state index is 12.8. The molecule has 0 aromatic rings. The minimum atomic E-state index is -2.11. The highest BCUT2D eigenvalue weighted by Crippen LogP contribution is 2.56. The molecule has 3 N–H and O–H groups in total. The lowest BCUT2D eigenvalue weighted by molar-refractivity contribution is -0.250. The zero-order chi connectivity index (χ0) is 27.9. The fraction of sp³-hybridized carbons (Fsp3) is 0.769. The van der Waals surface area contributed by atoms with Crippen molar-refractivity contribution in [2.75, 3.05) is 6.61 Å². The van der Waals surface area contributed by atoms with Crippen molar-refractivity contribution in [3.05, 3.63) is 11.6 Å². The van der Waals surface area contributed by atoms with Crippen molar-refractivity contribution < 1.29 is 53.4 Å². The van der Waals surface area contributed by atoms with Crippen LogP contribution in [0.5, 0.6) is 0 Å². The Morgan fingerprint density at radius 2 is 1.62 bits per heavy atom. The summed E-state index contributed by atoms with van der Waals surface area (Å²) in [5.41, 5.74) is -2.99. The lowest BCUT2D eigenvalue weighted by atomic mass is 9.52. The van der Waals surface area contributed by atoms with Crippen LogP contribution >= 0.6 is 0 Å². The summed E-state index contributed by atoms with van der Waals surface area (Å²) in [6.07, 6.45) is -3.85. The number of rotatable bonds is 4. The normalized spacial score (nSPS) is 43.3. The minimum Gasteiger partial charge on any atom is -0.462 e.